The van der Waals surface area contributed by atoms with E-state index in [0.29, 0.717) is 5.75 Å². The van der Waals surface area contributed by atoms with Crippen molar-refractivity contribution in [1.82, 2.24) is 24.1 Å². The number of aromatic nitrogens is 5. The molecule has 0 radical (unpaired) electrons. The molecule has 0 bridgehead atoms. The lowest BCUT2D eigenvalue weighted by atomic mass is 10.1. The van der Waals surface area contributed by atoms with Gasteiger partial charge in [0.2, 0.25) is 0 Å². The molecule has 0 saturated carbocycles. The van der Waals surface area contributed by atoms with Gasteiger partial charge in [0.15, 0.2) is 21.7 Å². The van der Waals surface area contributed by atoms with Gasteiger partial charge in [0, 0.05) is 33.9 Å². The number of aryl methyl sites for hydroxylation is 2. The summed E-state index contributed by atoms with van der Waals surface area (Å²) in [5.74, 6) is 0.370. The van der Waals surface area contributed by atoms with E-state index >= 15 is 0 Å². The number of Topliss-reactive ketones (excluding diaryl/α,β-unsaturated/α-hetero) is 1. The first-order chi connectivity index (χ1) is 14.5. The quantitative estimate of drug-likeness (QED) is 0.287. The summed E-state index contributed by atoms with van der Waals surface area (Å²) in [4.78, 5) is 17.4. The lowest BCUT2D eigenvalue weighted by Crippen LogP contribution is -2.06. The van der Waals surface area contributed by atoms with Crippen LogP contribution in [0.25, 0.3) is 21.7 Å². The van der Waals surface area contributed by atoms with Crippen LogP contribution in [0.4, 0.5) is 0 Å². The van der Waals surface area contributed by atoms with E-state index in [-0.39, 0.29) is 5.78 Å². The molecule has 4 heterocycles. The number of hydrogen-bond donors (Lipinski definition) is 0. The van der Waals surface area contributed by atoms with Crippen molar-refractivity contribution >= 4 is 45.4 Å². The number of para-hydroxylation sites is 1. The maximum absolute atomic E-state index is 13.0. The van der Waals surface area contributed by atoms with Crippen molar-refractivity contribution in [1.29, 1.82) is 0 Å². The van der Waals surface area contributed by atoms with E-state index in [1.807, 2.05) is 52.5 Å². The maximum atomic E-state index is 13.0. The van der Waals surface area contributed by atoms with Crippen LogP contribution in [0.1, 0.15) is 27.3 Å². The summed E-state index contributed by atoms with van der Waals surface area (Å²) in [5, 5.41) is 13.4. The number of fused-ring (bicyclic) bond motifs is 3. The molecule has 0 amide bonds. The second kappa shape index (κ2) is 7.37. The minimum absolute atomic E-state index is 0.0732. The zero-order chi connectivity index (χ0) is 20.8. The Kier molecular flexibility index (Phi) is 4.67. The van der Waals surface area contributed by atoms with Gasteiger partial charge >= 0.3 is 0 Å². The third-order valence-electron chi connectivity index (χ3n) is 5.25. The molecule has 0 aliphatic carbocycles. The second-order valence-electron chi connectivity index (χ2n) is 7.17. The predicted octanol–water partition coefficient (Wildman–Crippen LogP) is 5.03. The summed E-state index contributed by atoms with van der Waals surface area (Å²) in [6, 6.07) is 12.2. The van der Waals surface area contributed by atoms with Crippen molar-refractivity contribution in [3.8, 4) is 5.13 Å². The van der Waals surface area contributed by atoms with Crippen LogP contribution in [0.5, 0.6) is 0 Å². The molecule has 30 heavy (non-hydrogen) atoms. The van der Waals surface area contributed by atoms with Crippen molar-refractivity contribution in [3.05, 3.63) is 70.5 Å². The summed E-state index contributed by atoms with van der Waals surface area (Å²) >= 11 is 2.98. The molecule has 0 unspecified atom stereocenters. The van der Waals surface area contributed by atoms with E-state index in [0.717, 1.165) is 49.4 Å². The van der Waals surface area contributed by atoms with E-state index in [2.05, 4.69) is 34.2 Å². The lowest BCUT2D eigenvalue weighted by Gasteiger charge is -2.07. The number of thiazole rings is 1. The van der Waals surface area contributed by atoms with E-state index in [1.54, 1.807) is 17.5 Å². The van der Waals surface area contributed by atoms with Gasteiger partial charge < -0.3 is 0 Å². The molecule has 8 heteroatoms. The molecule has 0 spiro atoms. The van der Waals surface area contributed by atoms with Crippen LogP contribution in [-0.2, 0) is 0 Å². The molecule has 0 saturated heterocycles. The molecule has 5 rings (SSSR count). The van der Waals surface area contributed by atoms with Gasteiger partial charge in [0.25, 0.3) is 0 Å². The highest BCUT2D eigenvalue weighted by atomic mass is 32.2. The van der Waals surface area contributed by atoms with Crippen LogP contribution in [0.15, 0.2) is 53.1 Å². The summed E-state index contributed by atoms with van der Waals surface area (Å²) in [7, 11) is 0. The number of hydrogen-bond acceptors (Lipinski definition) is 6. The molecule has 0 aliphatic heterocycles. The third-order valence-corrected chi connectivity index (χ3v) is 6.93. The summed E-state index contributed by atoms with van der Waals surface area (Å²) < 4.78 is 4.06. The van der Waals surface area contributed by atoms with Gasteiger partial charge in [0.1, 0.15) is 0 Å². The first-order valence-electron chi connectivity index (χ1n) is 9.53. The fourth-order valence-electron chi connectivity index (χ4n) is 3.84. The van der Waals surface area contributed by atoms with Gasteiger partial charge in [-0.2, -0.15) is 0 Å². The summed E-state index contributed by atoms with van der Waals surface area (Å²) in [5.41, 5.74) is 5.65. The smallest absolute Gasteiger partial charge is 0.196 e. The highest BCUT2D eigenvalue weighted by Gasteiger charge is 2.19. The van der Waals surface area contributed by atoms with Gasteiger partial charge in [-0.3, -0.25) is 13.8 Å². The van der Waals surface area contributed by atoms with E-state index in [4.69, 9.17) is 0 Å². The highest BCUT2D eigenvalue weighted by molar-refractivity contribution is 7.99. The Morgan fingerprint density at radius 1 is 1.13 bits per heavy atom. The molecule has 4 aromatic heterocycles. The standard InChI is InChI=1S/C22H19N5OS2/c1-13-10-20-24-25-22(27(20)18-7-5-4-6-16(13)18)30-12-19(28)17-11-14(2)26(15(17)3)21-23-8-9-29-21/h4-11H,12H2,1-3H3. The Balaban J connectivity index is 1.46. The maximum Gasteiger partial charge on any atom is 0.196 e. The van der Waals surface area contributed by atoms with E-state index < -0.39 is 0 Å². The largest absolute Gasteiger partial charge is 0.294 e. The number of pyridine rings is 1. The minimum atomic E-state index is 0.0732. The molecule has 5 aromatic rings. The van der Waals surface area contributed by atoms with Gasteiger partial charge in [-0.05, 0) is 44.5 Å². The van der Waals surface area contributed by atoms with E-state index in [1.165, 1.54) is 11.8 Å². The van der Waals surface area contributed by atoms with Gasteiger partial charge in [-0.15, -0.1) is 21.5 Å². The number of nitrogens with zero attached hydrogens (tertiary/aromatic N) is 5. The van der Waals surface area contributed by atoms with Crippen molar-refractivity contribution in [2.45, 2.75) is 25.9 Å². The Morgan fingerprint density at radius 2 is 1.97 bits per heavy atom. The molecular weight excluding hydrogens is 414 g/mol. The number of carbonyl (C=O) groups excluding carboxylic acids is 1. The number of rotatable bonds is 5. The topological polar surface area (TPSA) is 65.1 Å². The van der Waals surface area contributed by atoms with Crippen molar-refractivity contribution < 1.29 is 4.79 Å². The first kappa shape index (κ1) is 19.0. The highest BCUT2D eigenvalue weighted by Crippen LogP contribution is 2.28. The Labute approximate surface area is 181 Å². The SMILES string of the molecule is Cc1cc2nnc(SCC(=O)c3cc(C)n(-c4nccs4)c3C)n2c2ccccc12. The van der Waals surface area contributed by atoms with Crippen LogP contribution in [0.2, 0.25) is 0 Å². The molecule has 6 nitrogen and oxygen atoms in total. The minimum Gasteiger partial charge on any atom is -0.294 e. The first-order valence-corrected chi connectivity index (χ1v) is 11.4. The molecule has 1 aromatic carbocycles. The number of benzene rings is 1. The zero-order valence-corrected chi connectivity index (χ0v) is 18.4. The van der Waals surface area contributed by atoms with Gasteiger partial charge in [0.05, 0.1) is 11.3 Å². The van der Waals surface area contributed by atoms with Crippen molar-refractivity contribution in [3.63, 3.8) is 0 Å². The van der Waals surface area contributed by atoms with Gasteiger partial charge in [-0.25, -0.2) is 4.98 Å². The monoisotopic (exact) mass is 433 g/mol. The average molecular weight is 434 g/mol. The number of thioether (sulfide) groups is 1. The molecular formula is C22H19N5OS2. The predicted molar refractivity (Wildman–Crippen MR) is 121 cm³/mol. The molecule has 0 fully saturated rings. The van der Waals surface area contributed by atoms with Crippen LogP contribution in [-0.4, -0.2) is 35.7 Å². The zero-order valence-electron chi connectivity index (χ0n) is 16.8. The van der Waals surface area contributed by atoms with Crippen LogP contribution in [0.3, 0.4) is 0 Å². The van der Waals surface area contributed by atoms with E-state index in [9.17, 15) is 4.79 Å². The fourth-order valence-corrected chi connectivity index (χ4v) is 5.43. The van der Waals surface area contributed by atoms with Crippen LogP contribution in [0, 0.1) is 20.8 Å². The molecule has 0 atom stereocenters. The Bertz CT molecular complexity index is 1400. The Hall–Kier alpha value is -2.97. The van der Waals surface area contributed by atoms with Crippen molar-refractivity contribution in [2.24, 2.45) is 0 Å². The lowest BCUT2D eigenvalue weighted by molar-refractivity contribution is 0.102. The molecule has 150 valence electrons. The fraction of sp³-hybridized carbons (Fsp3) is 0.182. The second-order valence-corrected chi connectivity index (χ2v) is 8.98. The normalized spacial score (nSPS) is 11.6. The average Bonchev–Trinajstić information content (AvgIpc) is 3.46. The molecule has 0 N–H and O–H groups in total. The van der Waals surface area contributed by atoms with Crippen molar-refractivity contribution in [2.75, 3.05) is 5.75 Å². The number of carbonyl (C=O) groups is 1. The van der Waals surface area contributed by atoms with Crippen LogP contribution < -0.4 is 0 Å². The molecule has 0 aliphatic rings. The summed E-state index contributed by atoms with van der Waals surface area (Å²) in [6.45, 7) is 6.04. The summed E-state index contributed by atoms with van der Waals surface area (Å²) in [6.07, 6.45) is 1.78. The number of ketones is 1. The van der Waals surface area contributed by atoms with Crippen LogP contribution >= 0.6 is 23.1 Å². The van der Waals surface area contributed by atoms with Gasteiger partial charge in [-0.1, -0.05) is 30.0 Å². The third kappa shape index (κ3) is 3.03. The Morgan fingerprint density at radius 3 is 2.77 bits per heavy atom.